The van der Waals surface area contributed by atoms with Crippen LogP contribution in [0.15, 0.2) is 36.4 Å². The Morgan fingerprint density at radius 1 is 1.19 bits per heavy atom. The van der Waals surface area contributed by atoms with Crippen molar-refractivity contribution in [1.82, 2.24) is 0 Å². The summed E-state index contributed by atoms with van der Waals surface area (Å²) < 4.78 is 47.5. The highest BCUT2D eigenvalue weighted by molar-refractivity contribution is 8.00. The number of nitrogens with zero attached hydrogens (tertiary/aromatic N) is 1. The second-order valence-electron chi connectivity index (χ2n) is 7.97. The summed E-state index contributed by atoms with van der Waals surface area (Å²) in [5.41, 5.74) is -1.99. The van der Waals surface area contributed by atoms with Gasteiger partial charge in [-0.05, 0) is 66.3 Å². The Morgan fingerprint density at radius 2 is 1.84 bits per heavy atom. The molecule has 0 saturated carbocycles. The maximum absolute atomic E-state index is 14.2. The van der Waals surface area contributed by atoms with Crippen molar-refractivity contribution in [3.05, 3.63) is 63.1 Å². The van der Waals surface area contributed by atoms with Gasteiger partial charge in [-0.15, -0.1) is 0 Å². The molecule has 2 aliphatic heterocycles. The molecule has 0 bridgehead atoms. The van der Waals surface area contributed by atoms with Crippen molar-refractivity contribution in [3.63, 3.8) is 0 Å². The molecule has 2 heterocycles. The van der Waals surface area contributed by atoms with Crippen LogP contribution in [-0.4, -0.2) is 36.1 Å². The third-order valence-corrected chi connectivity index (χ3v) is 7.50. The zero-order valence-electron chi connectivity index (χ0n) is 16.8. The number of anilines is 1. The number of hydrogen-bond acceptors (Lipinski definition) is 4. The molecule has 0 radical (unpaired) electrons. The van der Waals surface area contributed by atoms with Crippen LogP contribution < -0.4 is 4.90 Å². The molecule has 0 aliphatic carbocycles. The highest BCUT2D eigenvalue weighted by Crippen LogP contribution is 2.48. The van der Waals surface area contributed by atoms with Crippen LogP contribution in [0.4, 0.5) is 23.7 Å². The smallest absolute Gasteiger partial charge is 0.426 e. The number of aryl methyl sites for hydroxylation is 1. The third-order valence-electron chi connectivity index (χ3n) is 5.65. The number of rotatable bonds is 5. The van der Waals surface area contributed by atoms with Crippen LogP contribution in [0.25, 0.3) is 0 Å². The van der Waals surface area contributed by atoms with Crippen molar-refractivity contribution in [1.29, 1.82) is 0 Å². The Hall–Kier alpha value is -1.90. The lowest BCUT2D eigenvalue weighted by atomic mass is 9.92. The van der Waals surface area contributed by atoms with E-state index in [0.717, 1.165) is 28.5 Å². The molecule has 2 aromatic carbocycles. The number of alkyl halides is 3. The van der Waals surface area contributed by atoms with Crippen LogP contribution >= 0.6 is 35.0 Å². The Kier molecular flexibility index (Phi) is 6.15. The monoisotopic (exact) mass is 503 g/mol. The van der Waals surface area contributed by atoms with E-state index in [-0.39, 0.29) is 27.1 Å². The Labute approximate surface area is 197 Å². The normalized spacial score (nSPS) is 21.4. The summed E-state index contributed by atoms with van der Waals surface area (Å²) in [5.74, 6) is 2.25. The summed E-state index contributed by atoms with van der Waals surface area (Å²) in [6.45, 7) is 0.888. The number of ketones is 1. The van der Waals surface area contributed by atoms with E-state index in [0.29, 0.717) is 23.5 Å². The maximum Gasteiger partial charge on any atom is 0.434 e. The van der Waals surface area contributed by atoms with Crippen LogP contribution in [0.2, 0.25) is 10.0 Å². The van der Waals surface area contributed by atoms with E-state index in [1.807, 2.05) is 0 Å². The number of thioether (sulfide) groups is 1. The summed E-state index contributed by atoms with van der Waals surface area (Å²) in [5, 5.41) is -0.0107. The molecular weight excluding hydrogens is 486 g/mol. The quantitative estimate of drug-likeness (QED) is 0.428. The van der Waals surface area contributed by atoms with Gasteiger partial charge in [-0.1, -0.05) is 23.2 Å². The molecule has 2 aromatic rings. The Bertz CT molecular complexity index is 1070. The highest BCUT2D eigenvalue weighted by atomic mass is 35.5. The number of benzene rings is 2. The van der Waals surface area contributed by atoms with E-state index in [4.69, 9.17) is 27.9 Å². The molecule has 2 fully saturated rings. The van der Waals surface area contributed by atoms with Crippen LogP contribution in [0, 0.1) is 12.8 Å². The van der Waals surface area contributed by atoms with Gasteiger partial charge in [0, 0.05) is 33.3 Å². The number of Topliss-reactive ketones (excluding diaryl/α,β-unsaturated/α-hetero) is 1. The van der Waals surface area contributed by atoms with Crippen molar-refractivity contribution in [2.45, 2.75) is 25.1 Å². The van der Waals surface area contributed by atoms with E-state index in [1.165, 1.54) is 18.2 Å². The molecule has 4 nitrogen and oxygen atoms in total. The van der Waals surface area contributed by atoms with Crippen molar-refractivity contribution in [3.8, 4) is 0 Å². The van der Waals surface area contributed by atoms with Crippen molar-refractivity contribution in [2.75, 3.05) is 23.0 Å². The number of cyclic esters (lactones) is 1. The summed E-state index contributed by atoms with van der Waals surface area (Å²) in [6, 6.07) is 8.02. The molecule has 2 saturated heterocycles. The minimum Gasteiger partial charge on any atom is -0.426 e. The lowest BCUT2D eigenvalue weighted by molar-refractivity contribution is -0.250. The van der Waals surface area contributed by atoms with Crippen LogP contribution in [0.1, 0.15) is 27.9 Å². The van der Waals surface area contributed by atoms with Gasteiger partial charge in [0.05, 0.1) is 6.54 Å². The fraction of sp³-hybridized carbons (Fsp3) is 0.364. The number of ether oxygens (including phenoxy) is 1. The fourth-order valence-electron chi connectivity index (χ4n) is 3.87. The largest absolute Gasteiger partial charge is 0.434 e. The number of carbonyl (C=O) groups excluding carboxylic acids is 2. The standard InChI is InChI=1S/C22H18Cl2F3NO3S/c1-12-4-17(2-3-18(12)19(29)5-13-9-32-10-13)28-11-21(22(25,26)27,31-20(28)30)14-6-15(23)8-16(24)7-14/h2-4,6-8,13H,5,9-11H2,1H3. The van der Waals surface area contributed by atoms with Crippen molar-refractivity contribution < 1.29 is 27.5 Å². The van der Waals surface area contributed by atoms with Gasteiger partial charge in [-0.25, -0.2) is 4.79 Å². The molecule has 10 heteroatoms. The third kappa shape index (κ3) is 4.20. The zero-order chi connectivity index (χ0) is 23.3. The molecule has 2 aliphatic rings. The number of halogens is 5. The molecule has 1 atom stereocenters. The number of hydrogen-bond donors (Lipinski definition) is 0. The van der Waals surface area contributed by atoms with Gasteiger partial charge in [0.25, 0.3) is 5.60 Å². The van der Waals surface area contributed by atoms with Gasteiger partial charge in [0.1, 0.15) is 0 Å². The van der Waals surface area contributed by atoms with Gasteiger partial charge in [-0.2, -0.15) is 24.9 Å². The molecular formula is C22H18Cl2F3NO3S. The van der Waals surface area contributed by atoms with E-state index < -0.39 is 24.4 Å². The summed E-state index contributed by atoms with van der Waals surface area (Å²) in [6.07, 6.45) is -5.63. The molecule has 4 rings (SSSR count). The van der Waals surface area contributed by atoms with Gasteiger partial charge in [-0.3, -0.25) is 9.69 Å². The van der Waals surface area contributed by atoms with Crippen molar-refractivity contribution >= 4 is 52.5 Å². The first-order chi connectivity index (χ1) is 15.0. The lowest BCUT2D eigenvalue weighted by Crippen LogP contribution is -2.46. The van der Waals surface area contributed by atoms with Gasteiger partial charge >= 0.3 is 12.3 Å². The van der Waals surface area contributed by atoms with Gasteiger partial charge in [0.2, 0.25) is 0 Å². The first kappa shape index (κ1) is 23.3. The second-order valence-corrected chi connectivity index (χ2v) is 9.91. The average Bonchev–Trinajstić information content (AvgIpc) is 3.02. The summed E-state index contributed by atoms with van der Waals surface area (Å²) >= 11 is 13.6. The van der Waals surface area contributed by atoms with Crippen LogP contribution in [0.5, 0.6) is 0 Å². The minimum absolute atomic E-state index is 0.00537. The molecule has 1 unspecified atom stereocenters. The summed E-state index contributed by atoms with van der Waals surface area (Å²) in [4.78, 5) is 26.0. The highest BCUT2D eigenvalue weighted by Gasteiger charge is 2.65. The number of carbonyl (C=O) groups is 2. The molecule has 1 amide bonds. The first-order valence-corrected chi connectivity index (χ1v) is 11.7. The van der Waals surface area contributed by atoms with Crippen molar-refractivity contribution in [2.24, 2.45) is 5.92 Å². The second kappa shape index (κ2) is 8.47. The Morgan fingerprint density at radius 3 is 2.38 bits per heavy atom. The zero-order valence-corrected chi connectivity index (χ0v) is 19.2. The minimum atomic E-state index is -4.92. The molecule has 0 N–H and O–H groups in total. The van der Waals surface area contributed by atoms with Crippen LogP contribution in [-0.2, 0) is 10.3 Å². The molecule has 170 valence electrons. The van der Waals surface area contributed by atoms with E-state index in [9.17, 15) is 22.8 Å². The van der Waals surface area contributed by atoms with Crippen LogP contribution in [0.3, 0.4) is 0 Å². The topological polar surface area (TPSA) is 46.6 Å². The molecule has 0 spiro atoms. The van der Waals surface area contributed by atoms with Gasteiger partial charge in [0.15, 0.2) is 5.78 Å². The fourth-order valence-corrected chi connectivity index (χ4v) is 5.20. The van der Waals surface area contributed by atoms with E-state index in [1.54, 1.807) is 24.8 Å². The predicted octanol–water partition coefficient (Wildman–Crippen LogP) is 6.65. The SMILES string of the molecule is Cc1cc(N2CC(c3cc(Cl)cc(Cl)c3)(C(F)(F)F)OC2=O)ccc1C(=O)CC1CSC1. The first-order valence-electron chi connectivity index (χ1n) is 9.75. The maximum atomic E-state index is 14.2. The average molecular weight is 504 g/mol. The Balaban J connectivity index is 1.65. The molecule has 32 heavy (non-hydrogen) atoms. The van der Waals surface area contributed by atoms with E-state index in [2.05, 4.69) is 0 Å². The molecule has 0 aromatic heterocycles. The predicted molar refractivity (Wildman–Crippen MR) is 119 cm³/mol. The lowest BCUT2D eigenvalue weighted by Gasteiger charge is -2.30. The van der Waals surface area contributed by atoms with Gasteiger partial charge < -0.3 is 4.74 Å². The summed E-state index contributed by atoms with van der Waals surface area (Å²) in [7, 11) is 0. The van der Waals surface area contributed by atoms with E-state index >= 15 is 0 Å². The number of amides is 1.